The van der Waals surface area contributed by atoms with Crippen molar-refractivity contribution < 1.29 is 19.1 Å². The molecule has 0 saturated carbocycles. The van der Waals surface area contributed by atoms with E-state index in [-0.39, 0.29) is 18.4 Å². The minimum absolute atomic E-state index is 0.141. The number of likely N-dealkylation sites (tertiary alicyclic amines) is 1. The molecule has 1 saturated heterocycles. The highest BCUT2D eigenvalue weighted by atomic mass is 16.5. The van der Waals surface area contributed by atoms with Crippen molar-refractivity contribution in [1.29, 1.82) is 0 Å². The third kappa shape index (κ3) is 5.25. The van der Waals surface area contributed by atoms with Crippen molar-refractivity contribution in [3.05, 3.63) is 95.7 Å². The average Bonchev–Trinajstić information content (AvgIpc) is 3.64. The number of carbonyl (C=O) groups excluding carboxylic acids is 3. The number of H-pyrrole nitrogens is 1. The fourth-order valence-corrected chi connectivity index (χ4v) is 4.95. The third-order valence-electron chi connectivity index (χ3n) is 6.99. The van der Waals surface area contributed by atoms with Gasteiger partial charge in [-0.25, -0.2) is 0 Å². The highest BCUT2D eigenvalue weighted by molar-refractivity contribution is 6.40. The summed E-state index contributed by atoms with van der Waals surface area (Å²) in [6.45, 7) is 1.60. The average molecular weight is 511 g/mol. The van der Waals surface area contributed by atoms with Crippen molar-refractivity contribution in [3.63, 3.8) is 0 Å². The molecule has 1 aliphatic heterocycles. The Morgan fingerprint density at radius 1 is 0.921 bits per heavy atom. The monoisotopic (exact) mass is 510 g/mol. The van der Waals surface area contributed by atoms with Crippen LogP contribution in [0, 0.1) is 0 Å². The van der Waals surface area contributed by atoms with E-state index in [0.717, 1.165) is 40.6 Å². The van der Waals surface area contributed by atoms with Crippen molar-refractivity contribution in [2.45, 2.75) is 18.8 Å². The van der Waals surface area contributed by atoms with Crippen LogP contribution in [0.25, 0.3) is 10.9 Å². The molecule has 8 heteroatoms. The molecule has 4 aromatic rings. The van der Waals surface area contributed by atoms with Crippen LogP contribution in [-0.2, 0) is 9.59 Å². The lowest BCUT2D eigenvalue weighted by atomic mass is 9.90. The molecule has 1 fully saturated rings. The first-order valence-electron chi connectivity index (χ1n) is 12.7. The third-order valence-corrected chi connectivity index (χ3v) is 6.99. The first-order chi connectivity index (χ1) is 18.5. The molecule has 0 aliphatic carbocycles. The van der Waals surface area contributed by atoms with Crippen LogP contribution in [0.2, 0.25) is 0 Å². The predicted molar refractivity (Wildman–Crippen MR) is 146 cm³/mol. The molecule has 194 valence electrons. The number of aromatic nitrogens is 1. The highest BCUT2D eigenvalue weighted by Crippen LogP contribution is 2.31. The van der Waals surface area contributed by atoms with E-state index >= 15 is 0 Å². The lowest BCUT2D eigenvalue weighted by Gasteiger charge is -2.19. The van der Waals surface area contributed by atoms with E-state index in [4.69, 9.17) is 4.74 Å². The number of fused-ring (bicyclic) bond motifs is 1. The number of nitrogens with zero attached hydrogens (tertiary/aromatic N) is 1. The van der Waals surface area contributed by atoms with Gasteiger partial charge in [0.1, 0.15) is 5.75 Å². The minimum atomic E-state index is -0.820. The molecule has 3 aromatic carbocycles. The van der Waals surface area contributed by atoms with Crippen molar-refractivity contribution in [2.24, 2.45) is 0 Å². The van der Waals surface area contributed by atoms with Crippen LogP contribution in [-0.4, -0.2) is 54.3 Å². The summed E-state index contributed by atoms with van der Waals surface area (Å²) in [7, 11) is 1.61. The maximum absolute atomic E-state index is 12.9. The molecule has 5 rings (SSSR count). The Balaban J connectivity index is 1.33. The predicted octanol–water partition coefficient (Wildman–Crippen LogP) is 4.30. The second-order valence-electron chi connectivity index (χ2n) is 9.32. The van der Waals surface area contributed by atoms with Crippen LogP contribution in [0.1, 0.15) is 40.2 Å². The Bertz CT molecular complexity index is 1450. The Kier molecular flexibility index (Phi) is 7.40. The zero-order valence-corrected chi connectivity index (χ0v) is 21.2. The van der Waals surface area contributed by atoms with Gasteiger partial charge in [-0.3, -0.25) is 14.4 Å². The molecule has 1 aliphatic rings. The SMILES string of the molecule is COc1ccc([C@H](CNC(=O)C(=O)Nc2ccccc2C(=O)N2CCCC2)c2c[nH]c3ccccc23)cc1. The molecule has 3 N–H and O–H groups in total. The Morgan fingerprint density at radius 3 is 2.39 bits per heavy atom. The lowest BCUT2D eigenvalue weighted by Crippen LogP contribution is -2.38. The van der Waals surface area contributed by atoms with Crippen molar-refractivity contribution in [3.8, 4) is 5.75 Å². The minimum Gasteiger partial charge on any atom is -0.497 e. The quantitative estimate of drug-likeness (QED) is 0.323. The van der Waals surface area contributed by atoms with E-state index in [2.05, 4.69) is 15.6 Å². The number of benzene rings is 3. The van der Waals surface area contributed by atoms with Gasteiger partial charge in [-0.15, -0.1) is 0 Å². The van der Waals surface area contributed by atoms with Gasteiger partial charge >= 0.3 is 11.8 Å². The van der Waals surface area contributed by atoms with Crippen LogP contribution >= 0.6 is 0 Å². The Hall–Kier alpha value is -4.59. The van der Waals surface area contributed by atoms with Crippen molar-refractivity contribution >= 4 is 34.3 Å². The van der Waals surface area contributed by atoms with Gasteiger partial charge in [0.2, 0.25) is 0 Å². The van der Waals surface area contributed by atoms with Gasteiger partial charge in [0, 0.05) is 42.7 Å². The summed E-state index contributed by atoms with van der Waals surface area (Å²) in [5, 5.41) is 6.47. The first-order valence-corrected chi connectivity index (χ1v) is 12.7. The van der Waals surface area contributed by atoms with Crippen LogP contribution in [0.4, 0.5) is 5.69 Å². The standard InChI is InChI=1S/C30H30N4O4/c1-38-21-14-12-20(13-15-21)24(25-19-31-26-10-4-2-8-22(25)26)18-32-28(35)29(36)33-27-11-5-3-9-23(27)30(37)34-16-6-7-17-34/h2-5,8-15,19,24,31H,6-7,16-18H2,1H3,(H,32,35)(H,33,36)/t24-/m0/s1. The normalized spacial score (nSPS) is 13.8. The number of rotatable bonds is 7. The molecule has 1 atom stereocenters. The maximum Gasteiger partial charge on any atom is 0.313 e. The van der Waals surface area contributed by atoms with Crippen LogP contribution in [0.15, 0.2) is 79.0 Å². The molecule has 0 bridgehead atoms. The van der Waals surface area contributed by atoms with E-state index in [1.807, 2.05) is 54.7 Å². The molecular weight excluding hydrogens is 480 g/mol. The molecule has 0 unspecified atom stereocenters. The summed E-state index contributed by atoms with van der Waals surface area (Å²) in [5.74, 6) is -1.21. The van der Waals surface area contributed by atoms with E-state index in [9.17, 15) is 14.4 Å². The topological polar surface area (TPSA) is 104 Å². The zero-order valence-electron chi connectivity index (χ0n) is 21.2. The Morgan fingerprint density at radius 2 is 1.63 bits per heavy atom. The van der Waals surface area contributed by atoms with Gasteiger partial charge in [0.05, 0.1) is 18.4 Å². The number of ether oxygens (including phenoxy) is 1. The number of anilines is 1. The number of amides is 3. The molecule has 1 aromatic heterocycles. The second kappa shape index (κ2) is 11.2. The van der Waals surface area contributed by atoms with E-state index in [0.29, 0.717) is 24.3 Å². The molecule has 0 spiro atoms. The maximum atomic E-state index is 12.9. The summed E-state index contributed by atoms with van der Waals surface area (Å²) >= 11 is 0. The molecule has 3 amide bonds. The molecule has 2 heterocycles. The van der Waals surface area contributed by atoms with Gasteiger partial charge in [-0.05, 0) is 54.3 Å². The van der Waals surface area contributed by atoms with Gasteiger partial charge in [-0.1, -0.05) is 42.5 Å². The summed E-state index contributed by atoms with van der Waals surface area (Å²) in [6.07, 6.45) is 3.87. The number of hydrogen-bond donors (Lipinski definition) is 3. The molecular formula is C30H30N4O4. The van der Waals surface area contributed by atoms with E-state index in [1.54, 1.807) is 36.3 Å². The number of nitrogens with one attached hydrogen (secondary N) is 3. The van der Waals surface area contributed by atoms with Crippen molar-refractivity contribution in [2.75, 3.05) is 32.1 Å². The molecule has 8 nitrogen and oxygen atoms in total. The summed E-state index contributed by atoms with van der Waals surface area (Å²) in [6, 6.07) is 22.4. The fraction of sp³-hybridized carbons (Fsp3) is 0.233. The highest BCUT2D eigenvalue weighted by Gasteiger charge is 2.25. The van der Waals surface area contributed by atoms with Gasteiger partial charge < -0.3 is 25.3 Å². The van der Waals surface area contributed by atoms with Crippen LogP contribution in [0.3, 0.4) is 0 Å². The largest absolute Gasteiger partial charge is 0.497 e. The molecule has 38 heavy (non-hydrogen) atoms. The van der Waals surface area contributed by atoms with Gasteiger partial charge in [-0.2, -0.15) is 0 Å². The Labute approximate surface area is 221 Å². The number of methoxy groups -OCH3 is 1. The van der Waals surface area contributed by atoms with Crippen LogP contribution in [0.5, 0.6) is 5.75 Å². The lowest BCUT2D eigenvalue weighted by molar-refractivity contribution is -0.136. The summed E-state index contributed by atoms with van der Waals surface area (Å²) < 4.78 is 5.30. The van der Waals surface area contributed by atoms with Crippen LogP contribution < -0.4 is 15.4 Å². The number of aromatic amines is 1. The van der Waals surface area contributed by atoms with E-state index in [1.165, 1.54) is 0 Å². The second-order valence-corrected chi connectivity index (χ2v) is 9.32. The van der Waals surface area contributed by atoms with E-state index < -0.39 is 11.8 Å². The summed E-state index contributed by atoms with van der Waals surface area (Å²) in [5.41, 5.74) is 3.67. The van der Waals surface area contributed by atoms with Gasteiger partial charge in [0.15, 0.2) is 0 Å². The number of carbonyl (C=O) groups is 3. The van der Waals surface area contributed by atoms with Gasteiger partial charge in [0.25, 0.3) is 5.91 Å². The smallest absolute Gasteiger partial charge is 0.313 e. The zero-order chi connectivity index (χ0) is 26.5. The summed E-state index contributed by atoms with van der Waals surface area (Å²) in [4.78, 5) is 43.8. The molecule has 0 radical (unpaired) electrons. The first kappa shape index (κ1) is 25.1. The number of para-hydroxylation sites is 2. The van der Waals surface area contributed by atoms with Crippen molar-refractivity contribution in [1.82, 2.24) is 15.2 Å². The number of hydrogen-bond acceptors (Lipinski definition) is 4. The fourth-order valence-electron chi connectivity index (χ4n) is 4.95.